The molecular weight excluding hydrogens is 939 g/mol. The number of ether oxygens (including phenoxy) is 4. The lowest BCUT2D eigenvalue weighted by molar-refractivity contribution is -0.137. The van der Waals surface area contributed by atoms with Gasteiger partial charge in [-0.25, -0.2) is 18.7 Å². The molecule has 2 aromatic carbocycles. The third-order valence-electron chi connectivity index (χ3n) is 12.3. The molecule has 0 saturated carbocycles. The third-order valence-corrected chi connectivity index (χ3v) is 12.3. The highest BCUT2D eigenvalue weighted by Gasteiger charge is 2.26. The van der Waals surface area contributed by atoms with Crippen molar-refractivity contribution in [1.82, 2.24) is 40.0 Å². The van der Waals surface area contributed by atoms with Gasteiger partial charge in [-0.3, -0.25) is 29.0 Å². The number of hydrogen-bond donors (Lipinski definition) is 6. The van der Waals surface area contributed by atoms with Gasteiger partial charge in [-0.2, -0.15) is 9.97 Å². The number of nitrogens with two attached hydrogens (primary N) is 2. The highest BCUT2D eigenvalue weighted by Crippen LogP contribution is 2.27. The standard InChI is InChI=1S/C24H31FN6O4.C17H20FN5O2.C7H13NO3.CH4/c1-34-20-3-2-16(25)14-18(20)22(33)19-15-27-24(29-23(19)26)28-17-4-8-31(9-5-17)21(32)6-7-30-10-12-35-13-11-30;1-25-14-3-2-10(18)8-12(14)15(24)13-9-21-17(23-16(13)19)22-11-4-6-20-7-5-11;9-7(10)1-2-8-3-5-11-6-4-8;/h2-3,14-15,17H,4-13H2,1H3,(H3,26,27,28,29);2-3,8-9,11,20H,4-7H2,1H3,(H3,19,21,22,23);1-6H2,(H,9,10);1H4. The molecule has 2 aromatic heterocycles. The van der Waals surface area contributed by atoms with Crippen LogP contribution in [0.5, 0.6) is 11.5 Å². The quantitative estimate of drug-likeness (QED) is 0.0875. The van der Waals surface area contributed by atoms with Crippen LogP contribution in [-0.2, 0) is 19.1 Å². The van der Waals surface area contributed by atoms with Gasteiger partial charge in [0.1, 0.15) is 34.8 Å². The number of hydrogen-bond acceptors (Lipinski definition) is 19. The molecule has 0 unspecified atom stereocenters. The number of nitrogen functional groups attached to an aromatic ring is 2. The van der Waals surface area contributed by atoms with E-state index in [9.17, 15) is 28.0 Å². The van der Waals surface area contributed by atoms with Crippen molar-refractivity contribution in [1.29, 1.82) is 0 Å². The number of carbonyl (C=O) groups excluding carboxylic acids is 3. The zero-order valence-electron chi connectivity index (χ0n) is 40.2. The Labute approximate surface area is 418 Å². The van der Waals surface area contributed by atoms with Crippen LogP contribution in [0.15, 0.2) is 48.8 Å². The Morgan fingerprint density at radius 3 is 1.53 bits per heavy atom. The summed E-state index contributed by atoms with van der Waals surface area (Å²) in [4.78, 5) is 71.4. The van der Waals surface area contributed by atoms with Gasteiger partial charge >= 0.3 is 5.97 Å². The van der Waals surface area contributed by atoms with E-state index in [1.807, 2.05) is 4.90 Å². The second kappa shape index (κ2) is 28.4. The van der Waals surface area contributed by atoms with Crippen molar-refractivity contribution >= 4 is 47.0 Å². The predicted molar refractivity (Wildman–Crippen MR) is 267 cm³/mol. The number of nitrogens with one attached hydrogen (secondary N) is 3. The maximum Gasteiger partial charge on any atom is 0.304 e. The summed E-state index contributed by atoms with van der Waals surface area (Å²) < 4.78 is 47.9. The lowest BCUT2D eigenvalue weighted by Crippen LogP contribution is -2.44. The summed E-state index contributed by atoms with van der Waals surface area (Å²) in [5.74, 6) is -1.41. The Morgan fingerprint density at radius 2 is 1.11 bits per heavy atom. The van der Waals surface area contributed by atoms with E-state index in [4.69, 9.17) is 35.5 Å². The average Bonchev–Trinajstić information content (AvgIpc) is 3.38. The number of aliphatic carboxylic acids is 1. The van der Waals surface area contributed by atoms with Gasteiger partial charge in [-0.05, 0) is 75.2 Å². The van der Waals surface area contributed by atoms with Gasteiger partial charge in [0.25, 0.3) is 0 Å². The fraction of sp³-hybridized carbons (Fsp3) is 0.510. The minimum Gasteiger partial charge on any atom is -0.496 e. The van der Waals surface area contributed by atoms with Crippen molar-refractivity contribution in [2.45, 2.75) is 58.0 Å². The topological polar surface area (TPSA) is 275 Å². The molecule has 0 radical (unpaired) electrons. The second-order valence-corrected chi connectivity index (χ2v) is 17.1. The second-order valence-electron chi connectivity index (χ2n) is 17.1. The minimum atomic E-state index is -0.725. The largest absolute Gasteiger partial charge is 0.496 e. The molecule has 72 heavy (non-hydrogen) atoms. The molecular formula is C49H68F2N12O9. The number of carboxylic acids is 1. The van der Waals surface area contributed by atoms with E-state index >= 15 is 0 Å². The van der Waals surface area contributed by atoms with Crippen LogP contribution in [0.2, 0.25) is 0 Å². The number of anilines is 4. The van der Waals surface area contributed by atoms with Crippen LogP contribution >= 0.6 is 0 Å². The Kier molecular flexibility index (Phi) is 22.2. The molecule has 8 N–H and O–H groups in total. The molecule has 6 heterocycles. The molecule has 4 saturated heterocycles. The van der Waals surface area contributed by atoms with Gasteiger partial charge in [0.05, 0.1) is 69.3 Å². The SMILES string of the molecule is C.COc1ccc(F)cc1C(=O)c1cnc(NC2CCN(C(=O)CCN3CCOCC3)CC2)nc1N.COc1ccc(F)cc1C(=O)c1cnc(NC2CCNCC2)nc1N.O=C(O)CCN1CCOCC1. The van der Waals surface area contributed by atoms with Gasteiger partial charge in [0.15, 0.2) is 0 Å². The number of morpholine rings is 2. The van der Waals surface area contributed by atoms with Gasteiger partial charge in [-0.1, -0.05) is 7.43 Å². The first-order chi connectivity index (χ1) is 34.3. The van der Waals surface area contributed by atoms with Crippen molar-refractivity contribution in [2.75, 3.05) is 128 Å². The smallest absolute Gasteiger partial charge is 0.304 e. The van der Waals surface area contributed by atoms with Crippen molar-refractivity contribution in [3.05, 3.63) is 82.7 Å². The summed E-state index contributed by atoms with van der Waals surface area (Å²) in [6, 6.07) is 7.78. The molecule has 0 spiro atoms. The van der Waals surface area contributed by atoms with Crippen LogP contribution in [0.4, 0.5) is 32.3 Å². The zero-order chi connectivity index (χ0) is 50.7. The van der Waals surface area contributed by atoms with Gasteiger partial charge in [-0.15, -0.1) is 0 Å². The van der Waals surface area contributed by atoms with Gasteiger partial charge < -0.3 is 56.4 Å². The summed E-state index contributed by atoms with van der Waals surface area (Å²) in [6.45, 7) is 11.0. The fourth-order valence-corrected chi connectivity index (χ4v) is 8.20. The number of likely N-dealkylation sites (tertiary alicyclic amines) is 1. The molecule has 0 aliphatic carbocycles. The number of halogens is 2. The predicted octanol–water partition coefficient (Wildman–Crippen LogP) is 3.59. The Balaban J connectivity index is 0.000000226. The molecule has 4 aliphatic heterocycles. The third kappa shape index (κ3) is 16.7. The molecule has 4 aliphatic rings. The van der Waals surface area contributed by atoms with Gasteiger partial charge in [0.2, 0.25) is 29.4 Å². The highest BCUT2D eigenvalue weighted by atomic mass is 19.1. The number of carboxylic acid groups (broad SMARTS) is 1. The molecule has 4 fully saturated rings. The van der Waals surface area contributed by atoms with E-state index in [-0.39, 0.29) is 77.2 Å². The number of benzene rings is 2. The minimum absolute atomic E-state index is 0. The number of methoxy groups -OCH3 is 2. The maximum atomic E-state index is 13.7. The van der Waals surface area contributed by atoms with Crippen molar-refractivity contribution in [3.8, 4) is 11.5 Å². The van der Waals surface area contributed by atoms with E-state index in [1.54, 1.807) is 0 Å². The Bertz CT molecular complexity index is 2410. The van der Waals surface area contributed by atoms with Crippen molar-refractivity contribution in [3.63, 3.8) is 0 Å². The average molecular weight is 1010 g/mol. The lowest BCUT2D eigenvalue weighted by Gasteiger charge is -2.33. The van der Waals surface area contributed by atoms with Gasteiger partial charge in [0, 0.05) is 83.3 Å². The van der Waals surface area contributed by atoms with Crippen LogP contribution in [0.1, 0.15) is 77.8 Å². The Morgan fingerprint density at radius 1 is 0.681 bits per heavy atom. The molecule has 4 aromatic rings. The molecule has 0 atom stereocenters. The van der Waals surface area contributed by atoms with Crippen LogP contribution in [0.3, 0.4) is 0 Å². The summed E-state index contributed by atoms with van der Waals surface area (Å²) in [5, 5.41) is 18.1. The van der Waals surface area contributed by atoms with Crippen molar-refractivity contribution < 1.29 is 52.0 Å². The molecule has 0 bridgehead atoms. The normalized spacial score (nSPS) is 16.6. The molecule has 21 nitrogen and oxygen atoms in total. The summed E-state index contributed by atoms with van der Waals surface area (Å²) in [6.07, 6.45) is 6.89. The van der Waals surface area contributed by atoms with E-state index in [0.29, 0.717) is 38.0 Å². The van der Waals surface area contributed by atoms with E-state index < -0.39 is 29.2 Å². The van der Waals surface area contributed by atoms with Crippen LogP contribution in [0.25, 0.3) is 0 Å². The van der Waals surface area contributed by atoms with Crippen LogP contribution in [-0.4, -0.2) is 181 Å². The number of nitrogens with zero attached hydrogens (tertiary/aromatic N) is 7. The number of amides is 1. The summed E-state index contributed by atoms with van der Waals surface area (Å²) >= 11 is 0. The van der Waals surface area contributed by atoms with E-state index in [1.165, 1.54) is 50.9 Å². The number of aromatic nitrogens is 4. The van der Waals surface area contributed by atoms with Crippen LogP contribution in [0, 0.1) is 11.6 Å². The van der Waals surface area contributed by atoms with Crippen LogP contribution < -0.4 is 36.9 Å². The van der Waals surface area contributed by atoms with E-state index in [0.717, 1.165) is 110 Å². The number of piperidine rings is 2. The summed E-state index contributed by atoms with van der Waals surface area (Å²) in [7, 11) is 2.82. The number of rotatable bonds is 16. The monoisotopic (exact) mass is 1010 g/mol. The molecule has 1 amide bonds. The van der Waals surface area contributed by atoms with E-state index in [2.05, 4.69) is 45.7 Å². The van der Waals surface area contributed by atoms with Crippen molar-refractivity contribution in [2.24, 2.45) is 0 Å². The zero-order valence-corrected chi connectivity index (χ0v) is 40.2. The number of carbonyl (C=O) groups is 4. The molecule has 23 heteroatoms. The molecule has 8 rings (SSSR count). The number of ketones is 2. The first-order valence-corrected chi connectivity index (χ1v) is 23.7. The molecule has 392 valence electrons. The fourth-order valence-electron chi connectivity index (χ4n) is 8.20. The summed E-state index contributed by atoms with van der Waals surface area (Å²) in [5.41, 5.74) is 12.3. The lowest BCUT2D eigenvalue weighted by atomic mass is 10.0. The first-order valence-electron chi connectivity index (χ1n) is 23.7. The first kappa shape index (κ1) is 56.3. The Hall–Kier alpha value is -6.66. The maximum absolute atomic E-state index is 13.7. The highest BCUT2D eigenvalue weighted by molar-refractivity contribution is 6.13.